The Morgan fingerprint density at radius 3 is 2.41 bits per heavy atom. The van der Waals surface area contributed by atoms with E-state index in [9.17, 15) is 0 Å². The van der Waals surface area contributed by atoms with Gasteiger partial charge in [-0.2, -0.15) is 5.10 Å². The number of nitrogens with one attached hydrogen (secondary N) is 1. The van der Waals surface area contributed by atoms with E-state index in [0.29, 0.717) is 12.1 Å². The summed E-state index contributed by atoms with van der Waals surface area (Å²) < 4.78 is 2.15. The molecule has 8 heteroatoms. The van der Waals surface area contributed by atoms with Gasteiger partial charge in [0.05, 0.1) is 17.9 Å². The van der Waals surface area contributed by atoms with Crippen LogP contribution in [0.3, 0.4) is 0 Å². The fraction of sp³-hybridized carbons (Fsp3) is 0.483. The van der Waals surface area contributed by atoms with Crippen LogP contribution in [0.1, 0.15) is 36.4 Å². The Balaban J connectivity index is 1.29. The minimum atomic E-state index is 0.471. The van der Waals surface area contributed by atoms with Gasteiger partial charge in [0.15, 0.2) is 5.65 Å². The van der Waals surface area contributed by atoms with Crippen molar-refractivity contribution in [2.45, 2.75) is 45.2 Å². The maximum atomic E-state index is 4.74. The first-order valence-corrected chi connectivity index (χ1v) is 13.5. The Bertz CT molecular complexity index is 1390. The van der Waals surface area contributed by atoms with Gasteiger partial charge in [-0.3, -0.25) is 4.68 Å². The Hall–Kier alpha value is -3.23. The van der Waals surface area contributed by atoms with Crippen molar-refractivity contribution in [3.8, 4) is 22.4 Å². The molecule has 0 bridgehead atoms. The summed E-state index contributed by atoms with van der Waals surface area (Å²) in [5, 5.41) is 15.0. The predicted molar refractivity (Wildman–Crippen MR) is 150 cm³/mol. The van der Waals surface area contributed by atoms with Gasteiger partial charge in [-0.15, -0.1) is 10.2 Å². The minimum absolute atomic E-state index is 0.471. The third-order valence-electron chi connectivity index (χ3n) is 8.41. The molecule has 0 aliphatic carbocycles. The zero-order chi connectivity index (χ0) is 25.7. The zero-order valence-electron chi connectivity index (χ0n) is 22.7. The van der Waals surface area contributed by atoms with Crippen molar-refractivity contribution in [1.82, 2.24) is 34.8 Å². The van der Waals surface area contributed by atoms with E-state index in [2.05, 4.69) is 93.9 Å². The van der Waals surface area contributed by atoms with Gasteiger partial charge in [0, 0.05) is 59.3 Å². The Morgan fingerprint density at radius 1 is 0.946 bits per heavy atom. The lowest BCUT2D eigenvalue weighted by molar-refractivity contribution is 0.212. The molecule has 1 N–H and O–H groups in total. The van der Waals surface area contributed by atoms with Gasteiger partial charge in [-0.1, -0.05) is 0 Å². The van der Waals surface area contributed by atoms with Gasteiger partial charge < -0.3 is 19.7 Å². The van der Waals surface area contributed by atoms with Crippen LogP contribution in [0.5, 0.6) is 0 Å². The molecule has 2 aliphatic rings. The molecular weight excluding hydrogens is 460 g/mol. The van der Waals surface area contributed by atoms with Crippen LogP contribution in [0.15, 0.2) is 36.8 Å². The molecule has 1 aromatic carbocycles. The second kappa shape index (κ2) is 9.58. The lowest BCUT2D eigenvalue weighted by Gasteiger charge is -2.28. The number of piperidine rings is 1. The third-order valence-corrected chi connectivity index (χ3v) is 8.41. The molecule has 8 nitrogen and oxygen atoms in total. The van der Waals surface area contributed by atoms with E-state index in [1.165, 1.54) is 23.2 Å². The molecule has 5 heterocycles. The highest BCUT2D eigenvalue weighted by Gasteiger charge is 2.26. The number of likely N-dealkylation sites (tertiary alicyclic amines) is 1. The average Bonchev–Trinajstić information content (AvgIpc) is 3.63. The molecule has 3 aromatic heterocycles. The number of fused-ring (bicyclic) bond motifs is 1. The number of benzene rings is 1. The Kier molecular flexibility index (Phi) is 6.24. The number of aryl methyl sites for hydroxylation is 2. The van der Waals surface area contributed by atoms with Crippen molar-refractivity contribution in [2.75, 3.05) is 52.2 Å². The Labute approximate surface area is 219 Å². The summed E-state index contributed by atoms with van der Waals surface area (Å²) in [6, 6.07) is 7.80. The number of hydrogen-bond donors (Lipinski definition) is 1. The topological polar surface area (TPSA) is 69.1 Å². The van der Waals surface area contributed by atoms with Gasteiger partial charge in [-0.25, -0.2) is 0 Å². The second-order valence-corrected chi connectivity index (χ2v) is 11.2. The second-order valence-electron chi connectivity index (χ2n) is 11.2. The minimum Gasteiger partial charge on any atom is -0.369 e. The van der Waals surface area contributed by atoms with Crippen molar-refractivity contribution in [1.29, 1.82) is 0 Å². The van der Waals surface area contributed by atoms with Crippen molar-refractivity contribution in [3.05, 3.63) is 47.9 Å². The Morgan fingerprint density at radius 2 is 1.70 bits per heavy atom. The zero-order valence-corrected chi connectivity index (χ0v) is 22.7. The average molecular weight is 499 g/mol. The number of H-pyrrole nitrogens is 1. The lowest BCUT2D eigenvalue weighted by atomic mass is 10.00. The van der Waals surface area contributed by atoms with Crippen LogP contribution in [0, 0.1) is 13.8 Å². The standard InChI is InChI=1S/C29H38N8/c1-19-12-21(13-20(2)28(19)36-11-8-24(18-36)34(3)4)27-14-25-26(16-30-29(25)33-32-27)22-15-31-37(17-22)23-6-9-35(5)10-7-23/h12-17,23-24H,6-11,18H2,1-5H3,(H,30,33). The summed E-state index contributed by atoms with van der Waals surface area (Å²) in [7, 11) is 6.56. The molecule has 0 radical (unpaired) electrons. The number of rotatable bonds is 5. The summed E-state index contributed by atoms with van der Waals surface area (Å²) in [6.45, 7) is 8.88. The van der Waals surface area contributed by atoms with Gasteiger partial charge in [0.2, 0.25) is 0 Å². The molecular formula is C29H38N8. The lowest BCUT2D eigenvalue weighted by Crippen LogP contribution is -2.31. The number of likely N-dealkylation sites (N-methyl/N-ethyl adjacent to an activating group) is 1. The number of nitrogens with zero attached hydrogens (tertiary/aromatic N) is 7. The molecule has 194 valence electrons. The largest absolute Gasteiger partial charge is 0.369 e. The molecule has 1 unspecified atom stereocenters. The number of aromatic nitrogens is 5. The van der Waals surface area contributed by atoms with E-state index in [0.717, 1.165) is 72.4 Å². The molecule has 6 rings (SSSR count). The monoisotopic (exact) mass is 498 g/mol. The summed E-state index contributed by atoms with van der Waals surface area (Å²) in [4.78, 5) is 10.6. The molecule has 0 spiro atoms. The highest BCUT2D eigenvalue weighted by molar-refractivity contribution is 5.95. The third kappa shape index (κ3) is 4.53. The fourth-order valence-electron chi connectivity index (χ4n) is 6.21. The molecule has 2 fully saturated rings. The van der Waals surface area contributed by atoms with E-state index < -0.39 is 0 Å². The predicted octanol–water partition coefficient (Wildman–Crippen LogP) is 4.51. The maximum absolute atomic E-state index is 4.74. The fourth-order valence-corrected chi connectivity index (χ4v) is 6.21. The van der Waals surface area contributed by atoms with E-state index in [-0.39, 0.29) is 0 Å². The molecule has 0 saturated carbocycles. The van der Waals surface area contributed by atoms with Crippen LogP contribution < -0.4 is 4.90 Å². The van der Waals surface area contributed by atoms with E-state index >= 15 is 0 Å². The van der Waals surface area contributed by atoms with Gasteiger partial charge in [0.1, 0.15) is 0 Å². The van der Waals surface area contributed by atoms with E-state index in [1.807, 2.05) is 12.4 Å². The van der Waals surface area contributed by atoms with Crippen molar-refractivity contribution in [2.24, 2.45) is 0 Å². The number of anilines is 1. The van der Waals surface area contributed by atoms with Gasteiger partial charge >= 0.3 is 0 Å². The van der Waals surface area contributed by atoms with Crippen LogP contribution in [-0.2, 0) is 0 Å². The molecule has 2 aliphatic heterocycles. The van der Waals surface area contributed by atoms with Crippen molar-refractivity contribution in [3.63, 3.8) is 0 Å². The van der Waals surface area contributed by atoms with Crippen molar-refractivity contribution >= 4 is 16.7 Å². The van der Waals surface area contributed by atoms with Gasteiger partial charge in [-0.05, 0) is 96.7 Å². The summed E-state index contributed by atoms with van der Waals surface area (Å²) in [5.41, 5.74) is 9.04. The van der Waals surface area contributed by atoms with Crippen LogP contribution in [0.4, 0.5) is 5.69 Å². The number of hydrogen-bond acceptors (Lipinski definition) is 6. The van der Waals surface area contributed by atoms with Crippen LogP contribution in [0.2, 0.25) is 0 Å². The van der Waals surface area contributed by atoms with Crippen LogP contribution in [-0.4, -0.2) is 88.1 Å². The highest BCUT2D eigenvalue weighted by Crippen LogP contribution is 2.35. The summed E-state index contributed by atoms with van der Waals surface area (Å²) in [5.74, 6) is 0. The summed E-state index contributed by atoms with van der Waals surface area (Å²) >= 11 is 0. The van der Waals surface area contributed by atoms with E-state index in [4.69, 9.17) is 5.10 Å². The maximum Gasteiger partial charge on any atom is 0.160 e. The quantitative estimate of drug-likeness (QED) is 0.437. The van der Waals surface area contributed by atoms with Crippen LogP contribution >= 0.6 is 0 Å². The molecule has 2 saturated heterocycles. The SMILES string of the molecule is Cc1cc(-c2cc3c(-c4cnn(C5CCN(C)CC5)c4)c[nH]c3nn2)cc(C)c1N1CCC(N(C)C)C1. The van der Waals surface area contributed by atoms with E-state index in [1.54, 1.807) is 0 Å². The highest BCUT2D eigenvalue weighted by atomic mass is 15.3. The molecule has 4 aromatic rings. The van der Waals surface area contributed by atoms with Crippen molar-refractivity contribution < 1.29 is 0 Å². The smallest absolute Gasteiger partial charge is 0.160 e. The van der Waals surface area contributed by atoms with Gasteiger partial charge in [0.25, 0.3) is 0 Å². The summed E-state index contributed by atoms with van der Waals surface area (Å²) in [6.07, 6.45) is 9.71. The first-order chi connectivity index (χ1) is 17.9. The number of aromatic amines is 1. The first-order valence-electron chi connectivity index (χ1n) is 13.5. The molecule has 0 amide bonds. The van der Waals surface area contributed by atoms with Crippen LogP contribution in [0.25, 0.3) is 33.4 Å². The first kappa shape index (κ1) is 24.1. The molecule has 1 atom stereocenters. The normalized spacial score (nSPS) is 19.5. The molecule has 37 heavy (non-hydrogen) atoms.